The number of carbonyl (C=O) groups is 1. The van der Waals surface area contributed by atoms with E-state index >= 15 is 0 Å². The Labute approximate surface area is 129 Å². The van der Waals surface area contributed by atoms with Crippen LogP contribution < -0.4 is 0 Å². The van der Waals surface area contributed by atoms with Gasteiger partial charge in [-0.1, -0.05) is 45.4 Å². The predicted octanol–water partition coefficient (Wildman–Crippen LogP) is 5.94. The molecule has 116 valence electrons. The van der Waals surface area contributed by atoms with Gasteiger partial charge in [0.2, 0.25) is 5.24 Å². The molecule has 0 amide bonds. The maximum absolute atomic E-state index is 11.2. The van der Waals surface area contributed by atoms with Crippen molar-refractivity contribution in [3.05, 3.63) is 0 Å². The smallest absolute Gasteiger partial charge is 0.224 e. The van der Waals surface area contributed by atoms with Gasteiger partial charge in [0.15, 0.2) is 0 Å². The number of hydrogen-bond donors (Lipinski definition) is 0. The van der Waals surface area contributed by atoms with E-state index in [2.05, 4.69) is 6.92 Å². The Bertz CT molecular complexity index is 286. The van der Waals surface area contributed by atoms with Crippen molar-refractivity contribution in [1.29, 1.82) is 0 Å². The summed E-state index contributed by atoms with van der Waals surface area (Å²) >= 11 is 5.63. The van der Waals surface area contributed by atoms with E-state index in [4.69, 9.17) is 11.6 Å². The van der Waals surface area contributed by atoms with E-state index < -0.39 is 0 Å². The Morgan fingerprint density at radius 1 is 0.900 bits per heavy atom. The molecule has 2 rings (SSSR count). The van der Waals surface area contributed by atoms with Crippen LogP contribution in [0.15, 0.2) is 0 Å². The van der Waals surface area contributed by atoms with Gasteiger partial charge in [-0.25, -0.2) is 0 Å². The molecule has 0 spiro atoms. The van der Waals surface area contributed by atoms with Gasteiger partial charge in [0.05, 0.1) is 0 Å². The van der Waals surface area contributed by atoms with Crippen LogP contribution >= 0.6 is 11.6 Å². The minimum Gasteiger partial charge on any atom is -0.281 e. The maximum Gasteiger partial charge on any atom is 0.224 e. The highest BCUT2D eigenvalue weighted by Crippen LogP contribution is 2.42. The molecule has 0 heterocycles. The molecule has 2 fully saturated rings. The van der Waals surface area contributed by atoms with Crippen LogP contribution in [0, 0.1) is 23.7 Å². The first-order valence-electron chi connectivity index (χ1n) is 8.90. The standard InChI is InChI=1S/C18H31ClO/c1-2-3-4-5-14-6-8-15(9-7-14)16-10-12-17(13-11-16)18(19)20/h14-17H,2-13H2,1H3/t14-,15-,16-,17-. The first-order valence-corrected chi connectivity index (χ1v) is 9.27. The number of unbranched alkanes of at least 4 members (excludes halogenated alkanes) is 2. The summed E-state index contributed by atoms with van der Waals surface area (Å²) < 4.78 is 0. The second kappa shape index (κ2) is 8.41. The molecule has 0 aromatic heterocycles. The Kier molecular flexibility index (Phi) is 6.87. The topological polar surface area (TPSA) is 17.1 Å². The van der Waals surface area contributed by atoms with Crippen LogP contribution in [0.5, 0.6) is 0 Å². The van der Waals surface area contributed by atoms with Crippen molar-refractivity contribution in [2.45, 2.75) is 84.0 Å². The second-order valence-electron chi connectivity index (χ2n) is 7.19. The molecule has 0 atom stereocenters. The van der Waals surface area contributed by atoms with Crippen LogP contribution in [0.3, 0.4) is 0 Å². The highest BCUT2D eigenvalue weighted by atomic mass is 35.5. The summed E-state index contributed by atoms with van der Waals surface area (Å²) in [6, 6.07) is 0. The molecule has 0 saturated heterocycles. The molecule has 1 nitrogen and oxygen atoms in total. The van der Waals surface area contributed by atoms with Crippen molar-refractivity contribution in [2.24, 2.45) is 23.7 Å². The molecular weight excluding hydrogens is 268 g/mol. The zero-order valence-corrected chi connectivity index (χ0v) is 13.8. The summed E-state index contributed by atoms with van der Waals surface area (Å²) in [4.78, 5) is 11.2. The lowest BCUT2D eigenvalue weighted by Gasteiger charge is -2.37. The van der Waals surface area contributed by atoms with Gasteiger partial charge in [-0.3, -0.25) is 4.79 Å². The van der Waals surface area contributed by atoms with E-state index in [-0.39, 0.29) is 11.2 Å². The van der Waals surface area contributed by atoms with Crippen LogP contribution in [0.25, 0.3) is 0 Å². The Morgan fingerprint density at radius 3 is 1.95 bits per heavy atom. The number of halogens is 1. The molecule has 0 aromatic carbocycles. The third-order valence-corrected chi connectivity index (χ3v) is 6.18. The van der Waals surface area contributed by atoms with Crippen molar-refractivity contribution in [1.82, 2.24) is 0 Å². The van der Waals surface area contributed by atoms with Gasteiger partial charge < -0.3 is 0 Å². The Balaban J connectivity index is 1.65. The van der Waals surface area contributed by atoms with E-state index in [1.807, 2.05) is 0 Å². The molecule has 0 unspecified atom stereocenters. The second-order valence-corrected chi connectivity index (χ2v) is 7.56. The number of hydrogen-bond acceptors (Lipinski definition) is 1. The van der Waals surface area contributed by atoms with E-state index in [0.29, 0.717) is 0 Å². The summed E-state index contributed by atoms with van der Waals surface area (Å²) in [5.74, 6) is 3.01. The molecule has 0 bridgehead atoms. The molecule has 0 radical (unpaired) electrons. The van der Waals surface area contributed by atoms with Crippen LogP contribution in [-0.4, -0.2) is 5.24 Å². The molecule has 20 heavy (non-hydrogen) atoms. The Morgan fingerprint density at radius 2 is 1.45 bits per heavy atom. The van der Waals surface area contributed by atoms with E-state index in [1.54, 1.807) is 0 Å². The lowest BCUT2D eigenvalue weighted by atomic mass is 9.69. The van der Waals surface area contributed by atoms with Crippen molar-refractivity contribution >= 4 is 16.8 Å². The van der Waals surface area contributed by atoms with E-state index in [1.165, 1.54) is 64.2 Å². The van der Waals surface area contributed by atoms with Gasteiger partial charge in [-0.2, -0.15) is 0 Å². The minimum absolute atomic E-state index is 0.0944. The monoisotopic (exact) mass is 298 g/mol. The fraction of sp³-hybridized carbons (Fsp3) is 0.944. The average Bonchev–Trinajstić information content (AvgIpc) is 2.48. The van der Waals surface area contributed by atoms with Crippen molar-refractivity contribution in [2.75, 3.05) is 0 Å². The largest absolute Gasteiger partial charge is 0.281 e. The highest BCUT2D eigenvalue weighted by Gasteiger charge is 2.32. The molecule has 2 aliphatic rings. The fourth-order valence-corrected chi connectivity index (χ4v) is 4.67. The summed E-state index contributed by atoms with van der Waals surface area (Å²) in [6.07, 6.45) is 16.1. The zero-order valence-electron chi connectivity index (χ0n) is 13.1. The predicted molar refractivity (Wildman–Crippen MR) is 85.9 cm³/mol. The first-order chi connectivity index (χ1) is 9.70. The molecular formula is C18H31ClO. The van der Waals surface area contributed by atoms with Gasteiger partial charge in [0.1, 0.15) is 0 Å². The zero-order chi connectivity index (χ0) is 14.4. The lowest BCUT2D eigenvalue weighted by Crippen LogP contribution is -2.27. The molecule has 2 saturated carbocycles. The van der Waals surface area contributed by atoms with Crippen LogP contribution in [0.1, 0.15) is 84.0 Å². The van der Waals surface area contributed by atoms with Crippen molar-refractivity contribution in [3.63, 3.8) is 0 Å². The summed E-state index contributed by atoms with van der Waals surface area (Å²) in [7, 11) is 0. The first kappa shape index (κ1) is 16.3. The van der Waals surface area contributed by atoms with Crippen LogP contribution in [-0.2, 0) is 4.79 Å². The third-order valence-electron chi connectivity index (χ3n) is 5.87. The van der Waals surface area contributed by atoms with E-state index in [0.717, 1.165) is 30.6 Å². The minimum atomic E-state index is -0.0944. The van der Waals surface area contributed by atoms with Crippen LogP contribution in [0.2, 0.25) is 0 Å². The van der Waals surface area contributed by atoms with Crippen molar-refractivity contribution in [3.8, 4) is 0 Å². The summed E-state index contributed by atoms with van der Waals surface area (Å²) in [5, 5.41) is -0.0944. The maximum atomic E-state index is 11.2. The fourth-order valence-electron chi connectivity index (χ4n) is 4.45. The Hall–Kier alpha value is -0.0400. The lowest BCUT2D eigenvalue weighted by molar-refractivity contribution is -0.116. The van der Waals surface area contributed by atoms with Gasteiger partial charge >= 0.3 is 0 Å². The molecule has 2 heteroatoms. The summed E-state index contributed by atoms with van der Waals surface area (Å²) in [5.41, 5.74) is 0. The van der Waals surface area contributed by atoms with Crippen molar-refractivity contribution < 1.29 is 4.79 Å². The van der Waals surface area contributed by atoms with Crippen LogP contribution in [0.4, 0.5) is 0 Å². The quantitative estimate of drug-likeness (QED) is 0.438. The van der Waals surface area contributed by atoms with Gasteiger partial charge in [-0.15, -0.1) is 0 Å². The SMILES string of the molecule is CCCCC[C@H]1CC[C@H]([C@H]2CC[C@H](C(=O)Cl)CC2)CC1. The normalized spacial score (nSPS) is 34.9. The molecule has 0 aliphatic heterocycles. The third kappa shape index (κ3) is 4.76. The summed E-state index contributed by atoms with van der Waals surface area (Å²) in [6.45, 7) is 2.29. The molecule has 0 N–H and O–H groups in total. The number of carbonyl (C=O) groups excluding carboxylic acids is 1. The average molecular weight is 299 g/mol. The van der Waals surface area contributed by atoms with Gasteiger partial charge in [0, 0.05) is 5.92 Å². The molecule has 2 aliphatic carbocycles. The molecule has 0 aromatic rings. The van der Waals surface area contributed by atoms with Gasteiger partial charge in [-0.05, 0) is 67.9 Å². The van der Waals surface area contributed by atoms with Gasteiger partial charge in [0.25, 0.3) is 0 Å². The number of rotatable bonds is 6. The highest BCUT2D eigenvalue weighted by molar-refractivity contribution is 6.63. The van der Waals surface area contributed by atoms with E-state index in [9.17, 15) is 4.79 Å².